The number of amides is 2. The second kappa shape index (κ2) is 11.8. The molecule has 3 aromatic carbocycles. The van der Waals surface area contributed by atoms with Crippen LogP contribution in [0.2, 0.25) is 10.0 Å². The maximum absolute atomic E-state index is 12.7. The highest BCUT2D eigenvalue weighted by atomic mass is 35.5. The first-order valence-corrected chi connectivity index (χ1v) is 11.5. The molecule has 0 radical (unpaired) electrons. The van der Waals surface area contributed by atoms with Crippen molar-refractivity contribution < 1.29 is 29.0 Å². The SMILES string of the molecule is COc1ccc(NC(C)=O)c(OC)c1-c1ccc(C[C@H](NC(=O)c2c(Cl)cccc2Cl)C(=O)O)cc1. The number of carboxylic acids is 1. The van der Waals surface area contributed by atoms with Gasteiger partial charge in [0.1, 0.15) is 11.8 Å². The number of hydrogen-bond acceptors (Lipinski definition) is 5. The van der Waals surface area contributed by atoms with E-state index in [2.05, 4.69) is 10.6 Å². The zero-order valence-corrected chi connectivity index (χ0v) is 21.2. The average molecular weight is 531 g/mol. The Bertz CT molecular complexity index is 1270. The number of carbonyl (C=O) groups is 3. The molecule has 10 heteroatoms. The van der Waals surface area contributed by atoms with Crippen molar-refractivity contribution in [1.82, 2.24) is 5.32 Å². The topological polar surface area (TPSA) is 114 Å². The quantitative estimate of drug-likeness (QED) is 0.356. The highest BCUT2D eigenvalue weighted by Crippen LogP contribution is 2.43. The highest BCUT2D eigenvalue weighted by Gasteiger charge is 2.24. The molecular formula is C26H24Cl2N2O6. The number of halogens is 2. The summed E-state index contributed by atoms with van der Waals surface area (Å²) in [7, 11) is 3.01. The smallest absolute Gasteiger partial charge is 0.326 e. The Hall–Kier alpha value is -3.75. The number of methoxy groups -OCH3 is 2. The summed E-state index contributed by atoms with van der Waals surface area (Å²) in [5.74, 6) is -1.19. The van der Waals surface area contributed by atoms with E-state index in [1.54, 1.807) is 42.5 Å². The lowest BCUT2D eigenvalue weighted by Gasteiger charge is -2.18. The standard InChI is InChI=1S/C26H24Cl2N2O6/c1-14(31)29-19-11-12-21(35-2)22(24(19)36-3)16-9-7-15(8-10-16)13-20(26(33)34)30-25(32)23-17(27)5-4-6-18(23)28/h4-12,20H,13H2,1-3H3,(H,29,31)(H,30,32)(H,33,34)/t20-/m0/s1. The molecule has 0 unspecified atom stereocenters. The minimum Gasteiger partial charge on any atom is -0.496 e. The molecule has 0 heterocycles. The van der Waals surface area contributed by atoms with Crippen molar-refractivity contribution in [2.45, 2.75) is 19.4 Å². The Kier molecular flexibility index (Phi) is 8.79. The Labute approximate surface area is 218 Å². The van der Waals surface area contributed by atoms with Crippen molar-refractivity contribution in [2.24, 2.45) is 0 Å². The Balaban J connectivity index is 1.88. The van der Waals surface area contributed by atoms with Gasteiger partial charge in [0, 0.05) is 13.3 Å². The van der Waals surface area contributed by atoms with E-state index < -0.39 is 17.9 Å². The summed E-state index contributed by atoms with van der Waals surface area (Å²) in [4.78, 5) is 36.2. The van der Waals surface area contributed by atoms with Crippen LogP contribution in [0.3, 0.4) is 0 Å². The second-order valence-electron chi connectivity index (χ2n) is 7.77. The summed E-state index contributed by atoms with van der Waals surface area (Å²) in [6, 6.07) is 13.8. The zero-order chi connectivity index (χ0) is 26.4. The molecule has 0 aliphatic carbocycles. The number of nitrogens with one attached hydrogen (secondary N) is 2. The van der Waals surface area contributed by atoms with Crippen molar-refractivity contribution in [1.29, 1.82) is 0 Å². The summed E-state index contributed by atoms with van der Waals surface area (Å²) in [5.41, 5.74) is 2.50. The van der Waals surface area contributed by atoms with Gasteiger partial charge >= 0.3 is 5.97 Å². The number of carbonyl (C=O) groups excluding carboxylic acids is 2. The van der Waals surface area contributed by atoms with Crippen molar-refractivity contribution in [3.8, 4) is 22.6 Å². The van der Waals surface area contributed by atoms with Crippen LogP contribution in [0.15, 0.2) is 54.6 Å². The number of aliphatic carboxylic acids is 1. The van der Waals surface area contributed by atoms with E-state index in [9.17, 15) is 19.5 Å². The highest BCUT2D eigenvalue weighted by molar-refractivity contribution is 6.39. The molecule has 0 bridgehead atoms. The maximum atomic E-state index is 12.7. The summed E-state index contributed by atoms with van der Waals surface area (Å²) in [6.45, 7) is 1.40. The fourth-order valence-electron chi connectivity index (χ4n) is 3.70. The van der Waals surface area contributed by atoms with Crippen LogP contribution in [0.1, 0.15) is 22.8 Å². The zero-order valence-electron chi connectivity index (χ0n) is 19.7. The first-order chi connectivity index (χ1) is 17.2. The Morgan fingerprint density at radius 1 is 0.944 bits per heavy atom. The van der Waals surface area contributed by atoms with Crippen LogP contribution < -0.4 is 20.1 Å². The molecule has 3 N–H and O–H groups in total. The van der Waals surface area contributed by atoms with E-state index in [1.165, 1.54) is 33.3 Å². The van der Waals surface area contributed by atoms with Crippen molar-refractivity contribution in [2.75, 3.05) is 19.5 Å². The summed E-state index contributed by atoms with van der Waals surface area (Å²) in [5, 5.41) is 15.2. The van der Waals surface area contributed by atoms with Crippen LogP contribution in [-0.2, 0) is 16.0 Å². The second-order valence-corrected chi connectivity index (χ2v) is 8.58. The number of ether oxygens (including phenoxy) is 2. The fraction of sp³-hybridized carbons (Fsp3) is 0.192. The molecule has 36 heavy (non-hydrogen) atoms. The Morgan fingerprint density at radius 3 is 2.11 bits per heavy atom. The number of benzene rings is 3. The van der Waals surface area contributed by atoms with Gasteiger partial charge in [-0.1, -0.05) is 53.5 Å². The summed E-state index contributed by atoms with van der Waals surface area (Å²) < 4.78 is 11.1. The first-order valence-electron chi connectivity index (χ1n) is 10.8. The van der Waals surface area contributed by atoms with Gasteiger partial charge in [0.05, 0.1) is 41.1 Å². The molecule has 0 saturated carbocycles. The fourth-order valence-corrected chi connectivity index (χ4v) is 4.27. The third-order valence-corrected chi connectivity index (χ3v) is 5.96. The van der Waals surface area contributed by atoms with E-state index in [1.807, 2.05) is 0 Å². The number of hydrogen-bond donors (Lipinski definition) is 3. The normalized spacial score (nSPS) is 11.4. The molecule has 0 fully saturated rings. The van der Waals surface area contributed by atoms with Gasteiger partial charge in [-0.25, -0.2) is 4.79 Å². The van der Waals surface area contributed by atoms with Crippen LogP contribution in [0.4, 0.5) is 5.69 Å². The number of carboxylic acid groups (broad SMARTS) is 1. The molecule has 1 atom stereocenters. The summed E-state index contributed by atoms with van der Waals surface area (Å²) >= 11 is 12.2. The maximum Gasteiger partial charge on any atom is 0.326 e. The van der Waals surface area contributed by atoms with Crippen LogP contribution in [0.25, 0.3) is 11.1 Å². The molecule has 0 aliphatic heterocycles. The van der Waals surface area contributed by atoms with Gasteiger partial charge in [0.25, 0.3) is 5.91 Å². The van der Waals surface area contributed by atoms with Gasteiger partial charge in [-0.05, 0) is 35.4 Å². The lowest BCUT2D eigenvalue weighted by molar-refractivity contribution is -0.139. The van der Waals surface area contributed by atoms with Crippen LogP contribution >= 0.6 is 23.2 Å². The van der Waals surface area contributed by atoms with Gasteiger partial charge in [-0.2, -0.15) is 0 Å². The first kappa shape index (κ1) is 26.8. The minimum atomic E-state index is -1.22. The number of rotatable bonds is 9. The molecule has 3 aromatic rings. The monoisotopic (exact) mass is 530 g/mol. The lowest BCUT2D eigenvalue weighted by Crippen LogP contribution is -2.42. The minimum absolute atomic E-state index is 0.0145. The predicted molar refractivity (Wildman–Crippen MR) is 138 cm³/mol. The van der Waals surface area contributed by atoms with Crippen molar-refractivity contribution >= 4 is 46.7 Å². The molecule has 0 spiro atoms. The van der Waals surface area contributed by atoms with E-state index >= 15 is 0 Å². The van der Waals surface area contributed by atoms with Gasteiger partial charge in [-0.3, -0.25) is 9.59 Å². The van der Waals surface area contributed by atoms with E-state index in [0.29, 0.717) is 28.3 Å². The third-order valence-electron chi connectivity index (χ3n) is 5.33. The van der Waals surface area contributed by atoms with Crippen molar-refractivity contribution in [3.05, 3.63) is 75.8 Å². The van der Waals surface area contributed by atoms with E-state index in [0.717, 1.165) is 5.56 Å². The van der Waals surface area contributed by atoms with Gasteiger partial charge in [0.2, 0.25) is 5.91 Å². The van der Waals surface area contributed by atoms with Gasteiger partial charge in [0.15, 0.2) is 5.75 Å². The van der Waals surface area contributed by atoms with E-state index in [-0.39, 0.29) is 27.9 Å². The molecule has 8 nitrogen and oxygen atoms in total. The van der Waals surface area contributed by atoms with Gasteiger partial charge < -0.3 is 25.2 Å². The van der Waals surface area contributed by atoms with Crippen LogP contribution in [0, 0.1) is 0 Å². The lowest BCUT2D eigenvalue weighted by atomic mass is 9.98. The van der Waals surface area contributed by atoms with Crippen molar-refractivity contribution in [3.63, 3.8) is 0 Å². The average Bonchev–Trinajstić information content (AvgIpc) is 2.83. The van der Waals surface area contributed by atoms with Crippen LogP contribution in [0.5, 0.6) is 11.5 Å². The molecule has 0 saturated heterocycles. The predicted octanol–water partition coefficient (Wildman–Crippen LogP) is 5.06. The largest absolute Gasteiger partial charge is 0.496 e. The molecule has 0 aromatic heterocycles. The van der Waals surface area contributed by atoms with Gasteiger partial charge in [-0.15, -0.1) is 0 Å². The molecule has 0 aliphatic rings. The molecular weight excluding hydrogens is 507 g/mol. The van der Waals surface area contributed by atoms with Crippen LogP contribution in [-0.4, -0.2) is 43.2 Å². The number of anilines is 1. The molecule has 188 valence electrons. The Morgan fingerprint density at radius 2 is 1.58 bits per heavy atom. The molecule has 2 amide bonds. The molecule has 3 rings (SSSR count). The third kappa shape index (κ3) is 6.08. The van der Waals surface area contributed by atoms with E-state index in [4.69, 9.17) is 32.7 Å². The summed E-state index contributed by atoms with van der Waals surface area (Å²) in [6.07, 6.45) is 0.0175.